The fraction of sp³-hybridized carbons (Fsp3) is 0.500. The quantitative estimate of drug-likeness (QED) is 0.946. The molecule has 118 valence electrons. The lowest BCUT2D eigenvalue weighted by atomic mass is 10.2. The number of H-pyrrole nitrogens is 1. The molecule has 3 rings (SSSR count). The van der Waals surface area contributed by atoms with Crippen molar-refractivity contribution in [3.63, 3.8) is 0 Å². The highest BCUT2D eigenvalue weighted by atomic mass is 15.2. The first-order valence-corrected chi connectivity index (χ1v) is 8.18. The van der Waals surface area contributed by atoms with E-state index in [-0.39, 0.29) is 0 Å². The van der Waals surface area contributed by atoms with Gasteiger partial charge in [0.25, 0.3) is 0 Å². The van der Waals surface area contributed by atoms with Crippen molar-refractivity contribution in [2.45, 2.75) is 33.7 Å². The van der Waals surface area contributed by atoms with Crippen molar-refractivity contribution < 1.29 is 0 Å². The first-order valence-electron chi connectivity index (χ1n) is 8.18. The maximum absolute atomic E-state index is 4.32. The number of aromatic nitrogens is 2. The maximum atomic E-state index is 4.32. The fourth-order valence-electron chi connectivity index (χ4n) is 3.32. The summed E-state index contributed by atoms with van der Waals surface area (Å²) in [4.78, 5) is 5.09. The lowest BCUT2D eigenvalue weighted by Gasteiger charge is -2.25. The average molecular weight is 298 g/mol. The molecular weight excluding hydrogens is 272 g/mol. The highest BCUT2D eigenvalue weighted by Gasteiger charge is 2.18. The molecule has 0 atom stereocenters. The second kappa shape index (κ2) is 6.53. The number of para-hydroxylation sites is 1. The fourth-order valence-corrected chi connectivity index (χ4v) is 3.32. The summed E-state index contributed by atoms with van der Waals surface area (Å²) >= 11 is 0. The number of hydrogen-bond acceptors (Lipinski definition) is 3. The molecule has 1 aromatic heterocycles. The Balaban J connectivity index is 1.67. The Morgan fingerprint density at radius 2 is 1.86 bits per heavy atom. The molecule has 0 bridgehead atoms. The van der Waals surface area contributed by atoms with Gasteiger partial charge in [-0.15, -0.1) is 0 Å². The van der Waals surface area contributed by atoms with Gasteiger partial charge in [-0.1, -0.05) is 18.2 Å². The second-order valence-electron chi connectivity index (χ2n) is 6.32. The third-order valence-corrected chi connectivity index (χ3v) is 4.71. The van der Waals surface area contributed by atoms with E-state index >= 15 is 0 Å². The van der Waals surface area contributed by atoms with Crippen LogP contribution in [0.2, 0.25) is 0 Å². The molecule has 4 heteroatoms. The van der Waals surface area contributed by atoms with Gasteiger partial charge in [-0.3, -0.25) is 10.00 Å². The van der Waals surface area contributed by atoms with E-state index in [9.17, 15) is 0 Å². The van der Waals surface area contributed by atoms with Gasteiger partial charge in [0, 0.05) is 49.7 Å². The lowest BCUT2D eigenvalue weighted by Crippen LogP contribution is -2.31. The van der Waals surface area contributed by atoms with E-state index in [0.717, 1.165) is 38.4 Å². The molecule has 0 aliphatic carbocycles. The zero-order valence-electron chi connectivity index (χ0n) is 13.9. The van der Waals surface area contributed by atoms with Crippen molar-refractivity contribution in [3.8, 4) is 0 Å². The lowest BCUT2D eigenvalue weighted by molar-refractivity contribution is 0.284. The normalized spacial score (nSPS) is 16.8. The van der Waals surface area contributed by atoms with Gasteiger partial charge in [-0.05, 0) is 38.8 Å². The third-order valence-electron chi connectivity index (χ3n) is 4.71. The zero-order chi connectivity index (χ0) is 15.5. The van der Waals surface area contributed by atoms with Crippen molar-refractivity contribution in [2.75, 3.05) is 31.1 Å². The van der Waals surface area contributed by atoms with Gasteiger partial charge in [0.05, 0.1) is 5.69 Å². The molecule has 2 aromatic rings. The molecule has 1 aliphatic rings. The van der Waals surface area contributed by atoms with Gasteiger partial charge >= 0.3 is 0 Å². The molecule has 0 saturated carbocycles. The topological polar surface area (TPSA) is 35.2 Å². The van der Waals surface area contributed by atoms with Crippen LogP contribution in [0.3, 0.4) is 0 Å². The number of rotatable bonds is 3. The molecule has 1 N–H and O–H groups in total. The minimum absolute atomic E-state index is 1.01. The largest absolute Gasteiger partial charge is 0.370 e. The van der Waals surface area contributed by atoms with Crippen LogP contribution in [0.1, 0.15) is 28.9 Å². The highest BCUT2D eigenvalue weighted by molar-refractivity contribution is 5.53. The number of aromatic amines is 1. The molecule has 4 nitrogen and oxygen atoms in total. The SMILES string of the molecule is Cc1ccccc1N1CCCN(Cc2c(C)n[nH]c2C)CC1. The molecule has 1 aliphatic heterocycles. The van der Waals surface area contributed by atoms with E-state index in [1.807, 2.05) is 0 Å². The van der Waals surface area contributed by atoms with Crippen molar-refractivity contribution in [2.24, 2.45) is 0 Å². The van der Waals surface area contributed by atoms with Crippen LogP contribution in [-0.2, 0) is 6.54 Å². The van der Waals surface area contributed by atoms with Gasteiger partial charge in [0.1, 0.15) is 0 Å². The average Bonchev–Trinajstić information content (AvgIpc) is 2.72. The van der Waals surface area contributed by atoms with Crippen LogP contribution in [0.25, 0.3) is 0 Å². The smallest absolute Gasteiger partial charge is 0.0639 e. The van der Waals surface area contributed by atoms with Crippen LogP contribution in [-0.4, -0.2) is 41.3 Å². The van der Waals surface area contributed by atoms with Crippen molar-refractivity contribution in [1.82, 2.24) is 15.1 Å². The van der Waals surface area contributed by atoms with Crippen molar-refractivity contribution in [1.29, 1.82) is 0 Å². The number of benzene rings is 1. The zero-order valence-corrected chi connectivity index (χ0v) is 13.9. The molecule has 0 radical (unpaired) electrons. The highest BCUT2D eigenvalue weighted by Crippen LogP contribution is 2.22. The molecular formula is C18H26N4. The van der Waals surface area contributed by atoms with Gasteiger partial charge in [0.15, 0.2) is 0 Å². The van der Waals surface area contributed by atoms with E-state index in [4.69, 9.17) is 0 Å². The number of nitrogens with zero attached hydrogens (tertiary/aromatic N) is 3. The van der Waals surface area contributed by atoms with Crippen LogP contribution >= 0.6 is 0 Å². The monoisotopic (exact) mass is 298 g/mol. The summed E-state index contributed by atoms with van der Waals surface area (Å²) in [5.41, 5.74) is 6.47. The number of anilines is 1. The Hall–Kier alpha value is -1.81. The Bertz CT molecular complexity index is 612. The summed E-state index contributed by atoms with van der Waals surface area (Å²) in [6.07, 6.45) is 1.21. The molecule has 22 heavy (non-hydrogen) atoms. The summed E-state index contributed by atoms with van der Waals surface area (Å²) in [5, 5.41) is 7.41. The Morgan fingerprint density at radius 1 is 1.05 bits per heavy atom. The Kier molecular flexibility index (Phi) is 4.48. The van der Waals surface area contributed by atoms with E-state index < -0.39 is 0 Å². The molecule has 2 heterocycles. The molecule has 1 saturated heterocycles. The molecule has 0 amide bonds. The Labute approximate surface area is 133 Å². The van der Waals surface area contributed by atoms with Crippen LogP contribution in [0.15, 0.2) is 24.3 Å². The minimum atomic E-state index is 1.01. The number of nitrogens with one attached hydrogen (secondary N) is 1. The maximum Gasteiger partial charge on any atom is 0.0639 e. The van der Waals surface area contributed by atoms with Crippen LogP contribution < -0.4 is 4.90 Å². The molecule has 1 fully saturated rings. The van der Waals surface area contributed by atoms with Crippen LogP contribution in [0.5, 0.6) is 0 Å². The summed E-state index contributed by atoms with van der Waals surface area (Å²) in [6.45, 7) is 11.9. The first-order chi connectivity index (χ1) is 10.6. The van der Waals surface area contributed by atoms with E-state index in [2.05, 4.69) is 65.0 Å². The molecule has 0 unspecified atom stereocenters. The summed E-state index contributed by atoms with van der Waals surface area (Å²) in [6, 6.07) is 8.71. The molecule has 1 aromatic carbocycles. The van der Waals surface area contributed by atoms with Crippen LogP contribution in [0.4, 0.5) is 5.69 Å². The molecule has 0 spiro atoms. The van der Waals surface area contributed by atoms with E-state index in [1.54, 1.807) is 0 Å². The van der Waals surface area contributed by atoms with E-state index in [1.165, 1.54) is 28.9 Å². The third kappa shape index (κ3) is 3.17. The van der Waals surface area contributed by atoms with Crippen LogP contribution in [0, 0.1) is 20.8 Å². The van der Waals surface area contributed by atoms with Crippen molar-refractivity contribution >= 4 is 5.69 Å². The predicted molar refractivity (Wildman–Crippen MR) is 91.3 cm³/mol. The summed E-state index contributed by atoms with van der Waals surface area (Å²) in [7, 11) is 0. The summed E-state index contributed by atoms with van der Waals surface area (Å²) < 4.78 is 0. The standard InChI is InChI=1S/C18H26N4/c1-14-7-4-5-8-18(14)22-10-6-9-21(11-12-22)13-17-15(2)19-20-16(17)3/h4-5,7-8H,6,9-13H2,1-3H3,(H,19,20). The van der Waals surface area contributed by atoms with Gasteiger partial charge in [-0.25, -0.2) is 0 Å². The van der Waals surface area contributed by atoms with Gasteiger partial charge in [-0.2, -0.15) is 5.10 Å². The Morgan fingerprint density at radius 3 is 2.59 bits per heavy atom. The van der Waals surface area contributed by atoms with Gasteiger partial charge in [0.2, 0.25) is 0 Å². The summed E-state index contributed by atoms with van der Waals surface area (Å²) in [5.74, 6) is 0. The predicted octanol–water partition coefficient (Wildman–Crippen LogP) is 3.05. The second-order valence-corrected chi connectivity index (χ2v) is 6.32. The number of aryl methyl sites for hydroxylation is 3. The van der Waals surface area contributed by atoms with E-state index in [0.29, 0.717) is 0 Å². The van der Waals surface area contributed by atoms with Gasteiger partial charge < -0.3 is 4.90 Å². The number of hydrogen-bond donors (Lipinski definition) is 1. The minimum Gasteiger partial charge on any atom is -0.370 e. The van der Waals surface area contributed by atoms with Crippen molar-refractivity contribution in [3.05, 3.63) is 46.8 Å². The first kappa shape index (κ1) is 15.1.